The largest absolute Gasteiger partial charge is 0.306 e. The molecule has 2 amide bonds. The molecular weight excluding hydrogens is 1290 g/mol. The Labute approximate surface area is 610 Å². The van der Waals surface area contributed by atoms with Gasteiger partial charge in [0.25, 0.3) is 11.8 Å². The van der Waals surface area contributed by atoms with Crippen molar-refractivity contribution in [3.63, 3.8) is 0 Å². The summed E-state index contributed by atoms with van der Waals surface area (Å²) in [5.74, 6) is 0.835. The fraction of sp³-hybridized carbons (Fsp3) is 0.651. The monoisotopic (exact) mass is 1410 g/mol. The first kappa shape index (κ1) is 78.3. The van der Waals surface area contributed by atoms with Crippen LogP contribution in [0, 0.1) is 11.8 Å². The quantitative estimate of drug-likeness (QED) is 0.0357. The van der Waals surface area contributed by atoms with Crippen LogP contribution >= 0.6 is 68.0 Å². The third-order valence-electron chi connectivity index (χ3n) is 20.7. The van der Waals surface area contributed by atoms with Crippen LogP contribution in [-0.2, 0) is 35.3 Å². The predicted molar refractivity (Wildman–Crippen MR) is 431 cm³/mol. The molecule has 10 heteroatoms. The molecule has 0 aromatic carbocycles. The molecule has 0 saturated carbocycles. The van der Waals surface area contributed by atoms with Gasteiger partial charge >= 0.3 is 0 Å². The molecule has 0 N–H and O–H groups in total. The number of carbonyl (C=O) groups is 2. The Kier molecular flexibility index (Phi) is 36.0. The molecule has 6 aromatic rings. The molecule has 8 heterocycles. The first-order valence-corrected chi connectivity index (χ1v) is 45.0. The van der Waals surface area contributed by atoms with Crippen molar-refractivity contribution in [1.82, 2.24) is 9.80 Å². The van der Waals surface area contributed by atoms with Gasteiger partial charge in [0.15, 0.2) is 0 Å². The number of rotatable bonds is 54. The van der Waals surface area contributed by atoms with Crippen LogP contribution in [0.5, 0.6) is 0 Å². The smallest absolute Gasteiger partial charge is 0.261 e. The zero-order valence-electron chi connectivity index (χ0n) is 61.6. The van der Waals surface area contributed by atoms with Crippen molar-refractivity contribution in [2.75, 3.05) is 13.1 Å². The van der Waals surface area contributed by atoms with E-state index in [0.717, 1.165) is 72.5 Å². The van der Waals surface area contributed by atoms with Crippen LogP contribution in [0.15, 0.2) is 70.4 Å². The fourth-order valence-electron chi connectivity index (χ4n) is 14.9. The minimum Gasteiger partial charge on any atom is -0.306 e. The Balaban J connectivity index is 1.26. The summed E-state index contributed by atoms with van der Waals surface area (Å²) < 4.78 is 0. The lowest BCUT2D eigenvalue weighted by Crippen LogP contribution is -2.34. The van der Waals surface area contributed by atoms with Crippen molar-refractivity contribution in [2.24, 2.45) is 11.8 Å². The Morgan fingerprint density at radius 1 is 0.302 bits per heavy atom. The molecule has 8 rings (SSSR count). The summed E-state index contributed by atoms with van der Waals surface area (Å²) >= 11 is 11.5. The molecule has 0 bridgehead atoms. The predicted octanol–water partition coefficient (Wildman–Crippen LogP) is 29.7. The minimum absolute atomic E-state index is 0.0552. The summed E-state index contributed by atoms with van der Waals surface area (Å²) in [6.07, 6.45) is 54.2. The van der Waals surface area contributed by atoms with E-state index in [9.17, 15) is 0 Å². The van der Waals surface area contributed by atoms with E-state index >= 15 is 9.59 Å². The second kappa shape index (κ2) is 44.1. The van der Waals surface area contributed by atoms with Crippen LogP contribution in [0.2, 0.25) is 0 Å². The molecule has 0 fully saturated rings. The van der Waals surface area contributed by atoms with Gasteiger partial charge in [-0.05, 0) is 170 Å². The highest BCUT2D eigenvalue weighted by molar-refractivity contribution is 7.27. The summed E-state index contributed by atoms with van der Waals surface area (Å²) in [5.41, 5.74) is 9.07. The highest BCUT2D eigenvalue weighted by atomic mass is 32.1. The van der Waals surface area contributed by atoms with Crippen molar-refractivity contribution in [1.29, 1.82) is 0 Å². The third kappa shape index (κ3) is 23.3. The van der Waals surface area contributed by atoms with Gasteiger partial charge in [0, 0.05) is 52.1 Å². The van der Waals surface area contributed by atoms with Crippen LogP contribution in [0.1, 0.15) is 344 Å². The first-order chi connectivity index (χ1) is 47.2. The molecule has 2 aliphatic heterocycles. The normalized spacial score (nSPS) is 14.1. The van der Waals surface area contributed by atoms with E-state index in [0.29, 0.717) is 36.1 Å². The third-order valence-corrected chi connectivity index (χ3v) is 27.9. The lowest BCUT2D eigenvalue weighted by Gasteiger charge is -2.29. The maximum Gasteiger partial charge on any atom is 0.261 e. The summed E-state index contributed by atoms with van der Waals surface area (Å²) in [7, 11) is 0. The van der Waals surface area contributed by atoms with E-state index in [2.05, 4.69) is 124 Å². The summed E-state index contributed by atoms with van der Waals surface area (Å²) in [5, 5.41) is 4.85. The van der Waals surface area contributed by atoms with Crippen LogP contribution < -0.4 is 0 Å². The van der Waals surface area contributed by atoms with Gasteiger partial charge in [0.1, 0.15) is 0 Å². The minimum atomic E-state index is 0.0552. The molecule has 530 valence electrons. The number of thiophene rings is 6. The SMILES string of the molecule is CCCCCCCCC(CCCCCC)CN1C(=O)C2=C(c3ccc(-c4cc(CCCCCC)c(-c5cc(CCCCCC)cs5)s4)s3)N(CC(CCCCCC)CCCCCCCC)C(=O)C2=C1c1ccc(-c2cc(CCCCCC)c(-c3cc(CCCCCC)cs3)s2)s1. The lowest BCUT2D eigenvalue weighted by molar-refractivity contribution is -0.124. The van der Waals surface area contributed by atoms with Gasteiger partial charge in [-0.15, -0.1) is 68.0 Å². The molecule has 2 aliphatic rings. The average molecular weight is 1410 g/mol. The number of hydrogen-bond donors (Lipinski definition) is 0. The Morgan fingerprint density at radius 3 is 0.938 bits per heavy atom. The first-order valence-electron chi connectivity index (χ1n) is 39.9. The van der Waals surface area contributed by atoms with Gasteiger partial charge < -0.3 is 9.80 Å². The molecule has 4 nitrogen and oxygen atoms in total. The second-order valence-electron chi connectivity index (χ2n) is 29.0. The van der Waals surface area contributed by atoms with Gasteiger partial charge in [-0.25, -0.2) is 0 Å². The number of amides is 2. The zero-order valence-corrected chi connectivity index (χ0v) is 66.5. The number of unbranched alkanes of at least 4 members (excludes halogenated alkanes) is 28. The fourth-order valence-corrected chi connectivity index (χ4v) is 21.8. The van der Waals surface area contributed by atoms with Gasteiger partial charge in [-0.1, -0.05) is 261 Å². The van der Waals surface area contributed by atoms with E-state index in [1.807, 2.05) is 68.0 Å². The summed E-state index contributed by atoms with van der Waals surface area (Å²) in [6.45, 7) is 19.8. The van der Waals surface area contributed by atoms with Gasteiger partial charge in [0.2, 0.25) is 0 Å². The number of hydrogen-bond acceptors (Lipinski definition) is 8. The average Bonchev–Trinajstić information content (AvgIpc) is 1.55. The van der Waals surface area contributed by atoms with E-state index in [1.165, 1.54) is 292 Å². The van der Waals surface area contributed by atoms with Crippen molar-refractivity contribution in [2.45, 2.75) is 338 Å². The molecule has 0 aliphatic carbocycles. The topological polar surface area (TPSA) is 40.6 Å². The molecule has 6 aromatic heterocycles. The van der Waals surface area contributed by atoms with Crippen molar-refractivity contribution in [3.05, 3.63) is 102 Å². The number of fused-ring (bicyclic) bond motifs is 1. The van der Waals surface area contributed by atoms with Crippen LogP contribution in [0.25, 0.3) is 50.4 Å². The van der Waals surface area contributed by atoms with Crippen molar-refractivity contribution in [3.8, 4) is 39.0 Å². The van der Waals surface area contributed by atoms with E-state index in [4.69, 9.17) is 0 Å². The van der Waals surface area contributed by atoms with E-state index in [1.54, 1.807) is 0 Å². The Hall–Kier alpha value is -3.38. The van der Waals surface area contributed by atoms with Gasteiger partial charge in [-0.3, -0.25) is 9.59 Å². The maximum absolute atomic E-state index is 16.6. The number of nitrogens with zero attached hydrogens (tertiary/aromatic N) is 2. The number of carbonyl (C=O) groups excluding carboxylic acids is 2. The molecule has 0 spiro atoms. The summed E-state index contributed by atoms with van der Waals surface area (Å²) in [6, 6.07) is 19.3. The van der Waals surface area contributed by atoms with Gasteiger partial charge in [0.05, 0.1) is 32.3 Å². The molecule has 96 heavy (non-hydrogen) atoms. The van der Waals surface area contributed by atoms with Crippen LogP contribution in [0.4, 0.5) is 0 Å². The zero-order chi connectivity index (χ0) is 67.7. The number of aryl methyl sites for hydroxylation is 4. The van der Waals surface area contributed by atoms with E-state index in [-0.39, 0.29) is 11.8 Å². The van der Waals surface area contributed by atoms with Crippen LogP contribution in [-0.4, -0.2) is 34.7 Å². The maximum atomic E-state index is 16.6. The van der Waals surface area contributed by atoms with E-state index < -0.39 is 0 Å². The Morgan fingerprint density at radius 2 is 0.594 bits per heavy atom. The molecular formula is C86H128N2O2S6. The molecule has 2 unspecified atom stereocenters. The molecule has 0 radical (unpaired) electrons. The lowest BCUT2D eigenvalue weighted by atomic mass is 9.93. The molecule has 0 saturated heterocycles. The Bertz CT molecular complexity index is 3030. The highest BCUT2D eigenvalue weighted by Gasteiger charge is 2.50. The van der Waals surface area contributed by atoms with Crippen molar-refractivity contribution < 1.29 is 9.59 Å². The molecule has 2 atom stereocenters. The second-order valence-corrected chi connectivity index (χ2v) is 35.1. The standard InChI is InChI=1S/C86H128N2O2S6/c1-9-17-25-33-35-41-47-65(45-37-27-19-11-3)61-87-81(73-55-53-71(93-73)75-59-69(51-43-31-23-15-7)83(95-75)77-57-67(63-91-77)49-39-29-21-13-5)79-80(85(87)89)82(88(86(79)90)62-66(46-38-28-20-12-4)48-42-36-34-26-18-10-2)74-56-54-72(94-74)76-60-70(52-44-32-24-16-8)84(96-76)78-58-68(64-92-78)50-40-30-22-14-6/h53-60,63-66H,9-52,61-62H2,1-8H3. The highest BCUT2D eigenvalue weighted by Crippen LogP contribution is 2.53. The van der Waals surface area contributed by atoms with Gasteiger partial charge in [-0.2, -0.15) is 0 Å². The van der Waals surface area contributed by atoms with Crippen LogP contribution in [0.3, 0.4) is 0 Å². The summed E-state index contributed by atoms with van der Waals surface area (Å²) in [4.78, 5) is 50.4. The van der Waals surface area contributed by atoms with Crippen molar-refractivity contribution >= 4 is 91.2 Å².